The number of nitriles is 1. The van der Waals surface area contributed by atoms with Crippen molar-refractivity contribution < 1.29 is 4.84 Å². The summed E-state index contributed by atoms with van der Waals surface area (Å²) in [6.07, 6.45) is 3.88. The zero-order chi connectivity index (χ0) is 13.9. The fraction of sp³-hybridized carbons (Fsp3) is 0.200. The highest BCUT2D eigenvalue weighted by molar-refractivity contribution is 5.70. The summed E-state index contributed by atoms with van der Waals surface area (Å²) in [6, 6.07) is 9.92. The van der Waals surface area contributed by atoms with Gasteiger partial charge in [0.15, 0.2) is 5.75 Å². The Hall–Kier alpha value is -2.74. The molecule has 0 saturated heterocycles. The normalized spacial score (nSPS) is 16.7. The Morgan fingerprint density at radius 2 is 2.15 bits per heavy atom. The van der Waals surface area contributed by atoms with E-state index in [2.05, 4.69) is 21.2 Å². The van der Waals surface area contributed by atoms with Crippen molar-refractivity contribution in [2.45, 2.75) is 19.3 Å². The molecule has 0 radical (unpaired) electrons. The Bertz CT molecular complexity index is 718. The topological polar surface area (TPSA) is 71.2 Å². The Morgan fingerprint density at radius 1 is 1.30 bits per heavy atom. The summed E-state index contributed by atoms with van der Waals surface area (Å²) in [5, 5.41) is 13.3. The molecule has 98 valence electrons. The summed E-state index contributed by atoms with van der Waals surface area (Å²) in [7, 11) is 0. The van der Waals surface area contributed by atoms with Gasteiger partial charge in [-0.05, 0) is 25.0 Å². The molecule has 1 atom stereocenters. The van der Waals surface area contributed by atoms with Crippen molar-refractivity contribution in [3.8, 4) is 11.8 Å². The Kier molecular flexibility index (Phi) is 3.13. The number of hydrogen-bond acceptors (Lipinski definition) is 5. The van der Waals surface area contributed by atoms with Crippen LogP contribution in [0.1, 0.15) is 28.4 Å². The van der Waals surface area contributed by atoms with E-state index in [0.717, 1.165) is 11.3 Å². The molecule has 0 bridgehead atoms. The van der Waals surface area contributed by atoms with Crippen LogP contribution in [0.15, 0.2) is 35.7 Å². The zero-order valence-electron chi connectivity index (χ0n) is 10.9. The SMILES string of the molecule is Cc1ncnc(C2C=NOc3ccccc3C2)c1C#N. The molecule has 5 heteroatoms. The monoisotopic (exact) mass is 264 g/mol. The summed E-state index contributed by atoms with van der Waals surface area (Å²) in [4.78, 5) is 13.7. The minimum absolute atomic E-state index is 0.0880. The molecule has 1 aliphatic rings. The van der Waals surface area contributed by atoms with Crippen LogP contribution in [0, 0.1) is 18.3 Å². The molecule has 0 fully saturated rings. The summed E-state index contributed by atoms with van der Waals surface area (Å²) in [5.74, 6) is 0.658. The van der Waals surface area contributed by atoms with Crippen molar-refractivity contribution in [2.75, 3.05) is 0 Å². The van der Waals surface area contributed by atoms with E-state index in [-0.39, 0.29) is 5.92 Å². The third-order valence-corrected chi connectivity index (χ3v) is 3.33. The number of nitrogens with zero attached hydrogens (tertiary/aromatic N) is 4. The van der Waals surface area contributed by atoms with Gasteiger partial charge < -0.3 is 4.84 Å². The molecule has 3 rings (SSSR count). The van der Waals surface area contributed by atoms with Crippen LogP contribution in [0.2, 0.25) is 0 Å². The Labute approximate surface area is 116 Å². The van der Waals surface area contributed by atoms with Crippen LogP contribution in [-0.4, -0.2) is 16.2 Å². The third kappa shape index (κ3) is 2.12. The minimum atomic E-state index is -0.0880. The number of aryl methyl sites for hydroxylation is 1. The molecule has 0 aliphatic carbocycles. The van der Waals surface area contributed by atoms with Gasteiger partial charge in [0.25, 0.3) is 0 Å². The highest BCUT2D eigenvalue weighted by Gasteiger charge is 2.21. The second-order valence-electron chi connectivity index (χ2n) is 4.60. The summed E-state index contributed by atoms with van der Waals surface area (Å²) >= 11 is 0. The first-order valence-electron chi connectivity index (χ1n) is 6.29. The van der Waals surface area contributed by atoms with Gasteiger partial charge in [-0.15, -0.1) is 0 Å². The van der Waals surface area contributed by atoms with E-state index in [9.17, 15) is 5.26 Å². The Morgan fingerprint density at radius 3 is 3.00 bits per heavy atom. The van der Waals surface area contributed by atoms with Gasteiger partial charge in [-0.3, -0.25) is 0 Å². The van der Waals surface area contributed by atoms with Gasteiger partial charge in [-0.25, -0.2) is 9.97 Å². The maximum absolute atomic E-state index is 9.29. The fourth-order valence-electron chi connectivity index (χ4n) is 2.29. The van der Waals surface area contributed by atoms with Crippen molar-refractivity contribution in [3.05, 3.63) is 53.1 Å². The van der Waals surface area contributed by atoms with Crippen LogP contribution in [-0.2, 0) is 6.42 Å². The van der Waals surface area contributed by atoms with Crippen LogP contribution in [0.3, 0.4) is 0 Å². The molecule has 1 aliphatic heterocycles. The molecule has 2 aromatic rings. The van der Waals surface area contributed by atoms with Gasteiger partial charge in [-0.1, -0.05) is 23.4 Å². The van der Waals surface area contributed by atoms with Crippen molar-refractivity contribution in [1.29, 1.82) is 5.26 Å². The standard InChI is InChI=1S/C15H12N4O/c1-10-13(7-16)15(18-9-17-10)12-6-11-4-2-3-5-14(11)20-19-8-12/h2-5,8-9,12H,6H2,1H3. The molecule has 20 heavy (non-hydrogen) atoms. The molecule has 1 aromatic carbocycles. The summed E-state index contributed by atoms with van der Waals surface area (Å²) < 4.78 is 0. The predicted molar refractivity (Wildman–Crippen MR) is 73.5 cm³/mol. The molecule has 1 aromatic heterocycles. The molecule has 0 spiro atoms. The minimum Gasteiger partial charge on any atom is -0.357 e. The lowest BCUT2D eigenvalue weighted by Crippen LogP contribution is -2.10. The number of oxime groups is 1. The third-order valence-electron chi connectivity index (χ3n) is 3.33. The first-order valence-corrected chi connectivity index (χ1v) is 6.29. The molecule has 0 saturated carbocycles. The van der Waals surface area contributed by atoms with Crippen LogP contribution < -0.4 is 4.84 Å². The number of hydrogen-bond donors (Lipinski definition) is 0. The van der Waals surface area contributed by atoms with Crippen LogP contribution >= 0.6 is 0 Å². The van der Waals surface area contributed by atoms with Gasteiger partial charge in [0.05, 0.1) is 23.2 Å². The highest BCUT2D eigenvalue weighted by atomic mass is 16.6. The second-order valence-corrected chi connectivity index (χ2v) is 4.60. The average molecular weight is 264 g/mol. The molecule has 0 N–H and O–H groups in total. The van der Waals surface area contributed by atoms with E-state index in [1.54, 1.807) is 6.21 Å². The van der Waals surface area contributed by atoms with Crippen molar-refractivity contribution in [1.82, 2.24) is 9.97 Å². The molecular weight excluding hydrogens is 252 g/mol. The number of aromatic nitrogens is 2. The van der Waals surface area contributed by atoms with E-state index in [0.29, 0.717) is 23.4 Å². The van der Waals surface area contributed by atoms with Gasteiger partial charge >= 0.3 is 0 Å². The van der Waals surface area contributed by atoms with Gasteiger partial charge in [0.1, 0.15) is 12.4 Å². The van der Waals surface area contributed by atoms with Gasteiger partial charge in [-0.2, -0.15) is 5.26 Å². The fourth-order valence-corrected chi connectivity index (χ4v) is 2.29. The van der Waals surface area contributed by atoms with E-state index in [4.69, 9.17) is 4.84 Å². The first-order chi connectivity index (χ1) is 9.79. The summed E-state index contributed by atoms with van der Waals surface area (Å²) in [5.41, 5.74) is 2.95. The van der Waals surface area contributed by atoms with E-state index in [1.165, 1.54) is 6.33 Å². The molecular formula is C15H12N4O. The van der Waals surface area contributed by atoms with Crippen molar-refractivity contribution in [2.24, 2.45) is 5.16 Å². The number of fused-ring (bicyclic) bond motifs is 1. The number of para-hydroxylation sites is 1. The van der Waals surface area contributed by atoms with Crippen LogP contribution in [0.4, 0.5) is 0 Å². The van der Waals surface area contributed by atoms with Crippen molar-refractivity contribution >= 4 is 6.21 Å². The number of rotatable bonds is 1. The maximum atomic E-state index is 9.29. The Balaban J connectivity index is 2.05. The number of benzene rings is 1. The van der Waals surface area contributed by atoms with Gasteiger partial charge in [0.2, 0.25) is 0 Å². The molecule has 0 amide bonds. The average Bonchev–Trinajstić information content (AvgIpc) is 2.69. The molecule has 5 nitrogen and oxygen atoms in total. The predicted octanol–water partition coefficient (Wildman–Crippen LogP) is 2.36. The highest BCUT2D eigenvalue weighted by Crippen LogP contribution is 2.29. The maximum Gasteiger partial charge on any atom is 0.161 e. The lowest BCUT2D eigenvalue weighted by Gasteiger charge is -2.12. The second kappa shape index (κ2) is 5.10. The van der Waals surface area contributed by atoms with E-state index in [1.807, 2.05) is 31.2 Å². The lowest BCUT2D eigenvalue weighted by atomic mass is 9.93. The molecule has 1 unspecified atom stereocenters. The van der Waals surface area contributed by atoms with Crippen LogP contribution in [0.5, 0.6) is 5.75 Å². The zero-order valence-corrected chi connectivity index (χ0v) is 10.9. The smallest absolute Gasteiger partial charge is 0.161 e. The quantitative estimate of drug-likeness (QED) is 0.792. The van der Waals surface area contributed by atoms with Gasteiger partial charge in [0, 0.05) is 5.92 Å². The first kappa shape index (κ1) is 12.3. The molecule has 2 heterocycles. The van der Waals surface area contributed by atoms with E-state index >= 15 is 0 Å². The summed E-state index contributed by atoms with van der Waals surface area (Å²) in [6.45, 7) is 1.81. The van der Waals surface area contributed by atoms with Crippen molar-refractivity contribution in [3.63, 3.8) is 0 Å². The largest absolute Gasteiger partial charge is 0.357 e. The van der Waals surface area contributed by atoms with E-state index < -0.39 is 0 Å². The van der Waals surface area contributed by atoms with Crippen LogP contribution in [0.25, 0.3) is 0 Å². The lowest BCUT2D eigenvalue weighted by molar-refractivity contribution is 0.343.